The van der Waals surface area contributed by atoms with E-state index in [1.54, 1.807) is 6.92 Å². The third-order valence-corrected chi connectivity index (χ3v) is 0.397. The summed E-state index contributed by atoms with van der Waals surface area (Å²) in [5.74, 6) is -0.267. The number of hydrogen-bond acceptors (Lipinski definition) is 2. The normalized spacial score (nSPS) is 9.62. The van der Waals surface area contributed by atoms with Gasteiger partial charge in [-0.1, -0.05) is 0 Å². The zero-order valence-electron chi connectivity index (χ0n) is 4.60. The minimum absolute atomic E-state index is 0.267. The second-order valence-electron chi connectivity index (χ2n) is 1.33. The highest BCUT2D eigenvalue weighted by Crippen LogP contribution is 1.63. The molecule has 0 saturated heterocycles. The van der Waals surface area contributed by atoms with Crippen LogP contribution in [-0.2, 0) is 0 Å². The van der Waals surface area contributed by atoms with Crippen molar-refractivity contribution < 1.29 is 0 Å². The van der Waals surface area contributed by atoms with Crippen molar-refractivity contribution in [1.82, 2.24) is 0 Å². The molecule has 0 aliphatic rings. The van der Waals surface area contributed by atoms with Crippen molar-refractivity contribution in [1.29, 1.82) is 10.8 Å². The van der Waals surface area contributed by atoms with Crippen LogP contribution in [0, 0.1) is 10.8 Å². The van der Waals surface area contributed by atoms with Crippen molar-refractivity contribution in [2.24, 2.45) is 10.7 Å². The molecule has 0 unspecified atom stereocenters. The lowest BCUT2D eigenvalue weighted by molar-refractivity contribution is 1.38. The van der Waals surface area contributed by atoms with Crippen LogP contribution in [0.1, 0.15) is 6.92 Å². The van der Waals surface area contributed by atoms with Gasteiger partial charge in [-0.05, 0) is 6.92 Å². The molecular formula is C4H8N4. The summed E-state index contributed by atoms with van der Waals surface area (Å²) in [4.78, 5) is 3.34. The van der Waals surface area contributed by atoms with E-state index in [2.05, 4.69) is 4.99 Å². The monoisotopic (exact) mass is 112 g/mol. The molecule has 0 atom stereocenters. The summed E-state index contributed by atoms with van der Waals surface area (Å²) in [6, 6.07) is 0. The van der Waals surface area contributed by atoms with E-state index >= 15 is 0 Å². The van der Waals surface area contributed by atoms with Crippen molar-refractivity contribution in [3.63, 3.8) is 0 Å². The number of hydrogen-bond donors (Lipinski definition) is 3. The molecule has 0 bridgehead atoms. The Balaban J connectivity index is 3.67. The van der Waals surface area contributed by atoms with E-state index in [-0.39, 0.29) is 5.96 Å². The molecule has 0 aromatic heterocycles. The lowest BCUT2D eigenvalue weighted by Crippen LogP contribution is -2.06. The predicted molar refractivity (Wildman–Crippen MR) is 33.8 cm³/mol. The Kier molecular flexibility index (Phi) is 2.47. The zero-order chi connectivity index (χ0) is 6.57. The number of nitrogens with two attached hydrogens (primary N) is 1. The molecule has 0 aromatic carbocycles. The van der Waals surface area contributed by atoms with Crippen molar-refractivity contribution in [3.8, 4) is 0 Å². The van der Waals surface area contributed by atoms with Gasteiger partial charge in [-0.25, -0.2) is 4.99 Å². The molecule has 0 amide bonds. The van der Waals surface area contributed by atoms with Gasteiger partial charge in [0.2, 0.25) is 5.96 Å². The maximum atomic E-state index is 6.79. The van der Waals surface area contributed by atoms with Crippen molar-refractivity contribution in [2.45, 2.75) is 6.92 Å². The van der Waals surface area contributed by atoms with E-state index in [0.29, 0.717) is 5.71 Å². The molecule has 44 valence electrons. The number of nitrogens with one attached hydrogen (secondary N) is 2. The molecule has 0 aliphatic heterocycles. The Morgan fingerprint density at radius 2 is 2.12 bits per heavy atom. The van der Waals surface area contributed by atoms with Crippen LogP contribution in [0.25, 0.3) is 0 Å². The van der Waals surface area contributed by atoms with Crippen molar-refractivity contribution >= 4 is 17.9 Å². The third kappa shape index (κ3) is 4.81. The van der Waals surface area contributed by atoms with Gasteiger partial charge in [-0.2, -0.15) is 0 Å². The second kappa shape index (κ2) is 2.90. The molecule has 0 fully saturated rings. The first-order valence-electron chi connectivity index (χ1n) is 2.06. The first kappa shape index (κ1) is 6.81. The van der Waals surface area contributed by atoms with Crippen LogP contribution in [0.5, 0.6) is 0 Å². The fraction of sp³-hybridized carbons (Fsp3) is 0.250. The van der Waals surface area contributed by atoms with Crippen LogP contribution in [0.3, 0.4) is 0 Å². The maximum absolute atomic E-state index is 6.79. The van der Waals surface area contributed by atoms with E-state index in [1.165, 1.54) is 6.21 Å². The van der Waals surface area contributed by atoms with Crippen LogP contribution in [0.15, 0.2) is 4.99 Å². The summed E-state index contributed by atoms with van der Waals surface area (Å²) < 4.78 is 0. The number of rotatable bonds is 1. The molecule has 0 rings (SSSR count). The van der Waals surface area contributed by atoms with Gasteiger partial charge in [-0.15, -0.1) is 0 Å². The van der Waals surface area contributed by atoms with Gasteiger partial charge in [0, 0.05) is 5.71 Å². The SMILES string of the molecule is CC(=N)/C=N\C(=N)N. The molecular weight excluding hydrogens is 104 g/mol. The largest absolute Gasteiger partial charge is 0.368 e. The van der Waals surface area contributed by atoms with Crippen molar-refractivity contribution in [3.05, 3.63) is 0 Å². The molecule has 4 nitrogen and oxygen atoms in total. The Labute approximate surface area is 47.4 Å². The van der Waals surface area contributed by atoms with E-state index in [4.69, 9.17) is 16.6 Å². The van der Waals surface area contributed by atoms with Gasteiger partial charge < -0.3 is 11.1 Å². The zero-order valence-corrected chi connectivity index (χ0v) is 4.60. The summed E-state index contributed by atoms with van der Waals surface area (Å²) in [7, 11) is 0. The first-order valence-corrected chi connectivity index (χ1v) is 2.06. The van der Waals surface area contributed by atoms with Crippen LogP contribution in [-0.4, -0.2) is 17.9 Å². The molecule has 0 radical (unpaired) electrons. The minimum atomic E-state index is -0.267. The lowest BCUT2D eigenvalue weighted by atomic mass is 10.5. The molecule has 0 heterocycles. The fourth-order valence-electron chi connectivity index (χ4n) is 0.166. The molecule has 0 aliphatic carbocycles. The van der Waals surface area contributed by atoms with Crippen LogP contribution in [0.4, 0.5) is 0 Å². The van der Waals surface area contributed by atoms with Crippen LogP contribution < -0.4 is 5.73 Å². The highest BCUT2D eigenvalue weighted by Gasteiger charge is 1.77. The average molecular weight is 112 g/mol. The summed E-state index contributed by atoms with van der Waals surface area (Å²) >= 11 is 0. The van der Waals surface area contributed by atoms with Crippen molar-refractivity contribution in [2.75, 3.05) is 0 Å². The minimum Gasteiger partial charge on any atom is -0.368 e. The predicted octanol–water partition coefficient (Wildman–Crippen LogP) is -0.00966. The van der Waals surface area contributed by atoms with E-state index in [0.717, 1.165) is 0 Å². The van der Waals surface area contributed by atoms with Crippen LogP contribution >= 0.6 is 0 Å². The van der Waals surface area contributed by atoms with Gasteiger partial charge in [0.1, 0.15) is 0 Å². The van der Waals surface area contributed by atoms with Gasteiger partial charge in [-0.3, -0.25) is 5.41 Å². The summed E-state index contributed by atoms with van der Waals surface area (Å²) in [5, 5.41) is 13.4. The van der Waals surface area contributed by atoms with Gasteiger partial charge >= 0.3 is 0 Å². The second-order valence-corrected chi connectivity index (χ2v) is 1.33. The molecule has 8 heavy (non-hydrogen) atoms. The van der Waals surface area contributed by atoms with E-state index in [9.17, 15) is 0 Å². The Morgan fingerprint density at radius 3 is 2.25 bits per heavy atom. The highest BCUT2D eigenvalue weighted by atomic mass is 15.0. The fourth-order valence-corrected chi connectivity index (χ4v) is 0.166. The Bertz CT molecular complexity index is 119. The molecule has 0 saturated carbocycles. The maximum Gasteiger partial charge on any atom is 0.212 e. The summed E-state index contributed by atoms with van der Waals surface area (Å²) in [6.45, 7) is 1.56. The molecule has 4 N–H and O–H groups in total. The standard InChI is InChI=1S/C4H8N4/c1-3(5)2-8-4(6)7/h2,5H,1H3,(H3,6,7)/b5-3?,8-2-. The van der Waals surface area contributed by atoms with E-state index in [1.807, 2.05) is 0 Å². The summed E-state index contributed by atoms with van der Waals surface area (Å²) in [5.41, 5.74) is 5.12. The quantitative estimate of drug-likeness (QED) is 0.323. The number of nitrogens with zero attached hydrogens (tertiary/aromatic N) is 1. The summed E-state index contributed by atoms with van der Waals surface area (Å²) in [6.07, 6.45) is 1.22. The number of aliphatic imine (C=N–C) groups is 1. The van der Waals surface area contributed by atoms with Gasteiger partial charge in [0.05, 0.1) is 6.21 Å². The molecule has 0 aromatic rings. The van der Waals surface area contributed by atoms with E-state index < -0.39 is 0 Å². The average Bonchev–Trinajstić information content (AvgIpc) is 1.61. The van der Waals surface area contributed by atoms with Crippen LogP contribution in [0.2, 0.25) is 0 Å². The van der Waals surface area contributed by atoms with Gasteiger partial charge in [0.25, 0.3) is 0 Å². The molecule has 0 spiro atoms. The highest BCUT2D eigenvalue weighted by molar-refractivity contribution is 6.29. The third-order valence-electron chi connectivity index (χ3n) is 0.397. The Morgan fingerprint density at radius 1 is 1.62 bits per heavy atom. The first-order chi connectivity index (χ1) is 3.63. The smallest absolute Gasteiger partial charge is 0.212 e. The lowest BCUT2D eigenvalue weighted by Gasteiger charge is -1.81. The number of guanidine groups is 1. The Hall–Kier alpha value is -1.19. The topological polar surface area (TPSA) is 86.1 Å². The van der Waals surface area contributed by atoms with Gasteiger partial charge in [0.15, 0.2) is 0 Å². The molecule has 4 heteroatoms.